The number of piperidine rings is 1. The summed E-state index contributed by atoms with van der Waals surface area (Å²) in [6.45, 7) is 0.392. The maximum absolute atomic E-state index is 13.8. The first-order valence-electron chi connectivity index (χ1n) is 12.2. The predicted molar refractivity (Wildman–Crippen MR) is 140 cm³/mol. The van der Waals surface area contributed by atoms with Gasteiger partial charge in [0.25, 0.3) is 11.8 Å². The van der Waals surface area contributed by atoms with Gasteiger partial charge in [0.05, 0.1) is 10.9 Å². The zero-order valence-corrected chi connectivity index (χ0v) is 21.4. The average Bonchev–Trinajstić information content (AvgIpc) is 3.31. The second kappa shape index (κ2) is 11.1. The van der Waals surface area contributed by atoms with Gasteiger partial charge in [0.1, 0.15) is 17.8 Å². The van der Waals surface area contributed by atoms with E-state index in [1.807, 2.05) is 23.1 Å². The van der Waals surface area contributed by atoms with E-state index >= 15 is 0 Å². The standard InChI is InChI=1S/C23H21FN4O2S.C4H4O4/c24-16-8-4-7-14(9-16)20-19(27-23(25)31-20)22(30)28-17(10-15-11-18(15)28)12-26-21(29)13-5-2-1-3-6-13;5-4(6)3-1-7-2-8-3/h1-9,15,17-18H,10-12H2,(H2,25,27)(H,26,29);1H,2H2,(H,5,6)/t15-,17+,18+;/m1./s1. The van der Waals surface area contributed by atoms with Gasteiger partial charge < -0.3 is 30.5 Å². The van der Waals surface area contributed by atoms with Crippen LogP contribution >= 0.6 is 11.3 Å². The number of anilines is 1. The molecule has 3 heterocycles. The normalized spacial score (nSPS) is 20.5. The van der Waals surface area contributed by atoms with Crippen LogP contribution in [0, 0.1) is 11.7 Å². The third kappa shape index (κ3) is 5.85. The van der Waals surface area contributed by atoms with Crippen LogP contribution in [0.4, 0.5) is 9.52 Å². The number of ether oxygens (including phenoxy) is 2. The Morgan fingerprint density at radius 3 is 2.62 bits per heavy atom. The lowest BCUT2D eigenvalue weighted by atomic mass is 10.1. The molecule has 12 heteroatoms. The van der Waals surface area contributed by atoms with Gasteiger partial charge in [-0.2, -0.15) is 0 Å². The number of carboxylic acid groups (broad SMARTS) is 1. The van der Waals surface area contributed by atoms with Crippen LogP contribution in [0.2, 0.25) is 0 Å². The molecule has 0 radical (unpaired) electrons. The van der Waals surface area contributed by atoms with E-state index in [9.17, 15) is 18.8 Å². The van der Waals surface area contributed by atoms with Crippen molar-refractivity contribution < 1.29 is 33.4 Å². The Morgan fingerprint density at radius 2 is 1.95 bits per heavy atom. The van der Waals surface area contributed by atoms with E-state index in [0.29, 0.717) is 28.5 Å². The van der Waals surface area contributed by atoms with E-state index in [-0.39, 0.29) is 53.1 Å². The average molecular weight is 553 g/mol. The van der Waals surface area contributed by atoms with Crippen molar-refractivity contribution in [2.75, 3.05) is 19.1 Å². The third-order valence-corrected chi connectivity index (χ3v) is 7.53. The van der Waals surface area contributed by atoms with E-state index in [4.69, 9.17) is 10.8 Å². The Kier molecular flexibility index (Phi) is 7.46. The second-order valence-corrected chi connectivity index (χ2v) is 10.2. The summed E-state index contributed by atoms with van der Waals surface area (Å²) < 4.78 is 22.7. The van der Waals surface area contributed by atoms with Crippen molar-refractivity contribution in [3.63, 3.8) is 0 Å². The van der Waals surface area contributed by atoms with Crippen LogP contribution in [0.5, 0.6) is 0 Å². The summed E-state index contributed by atoms with van der Waals surface area (Å²) in [5.41, 5.74) is 7.34. The minimum Gasteiger partial charge on any atom is -0.475 e. The first-order chi connectivity index (χ1) is 18.8. The number of nitrogens with zero attached hydrogens (tertiary/aromatic N) is 2. The molecule has 3 aromatic rings. The fourth-order valence-electron chi connectivity index (χ4n) is 4.74. The highest BCUT2D eigenvalue weighted by atomic mass is 32.1. The third-order valence-electron chi connectivity index (χ3n) is 6.60. The molecule has 10 nitrogen and oxygen atoms in total. The molecule has 1 saturated heterocycles. The number of rotatable bonds is 6. The number of nitrogens with two attached hydrogens (primary N) is 1. The van der Waals surface area contributed by atoms with Crippen molar-refractivity contribution in [3.8, 4) is 10.4 Å². The van der Waals surface area contributed by atoms with Gasteiger partial charge in [-0.1, -0.05) is 41.7 Å². The number of carboxylic acids is 1. The zero-order chi connectivity index (χ0) is 27.5. The summed E-state index contributed by atoms with van der Waals surface area (Å²) >= 11 is 1.18. The fraction of sp³-hybridized carbons (Fsp3) is 0.259. The molecule has 1 aliphatic carbocycles. The lowest BCUT2D eigenvalue weighted by Gasteiger charge is -2.27. The van der Waals surface area contributed by atoms with Gasteiger partial charge in [-0.3, -0.25) is 9.59 Å². The van der Waals surface area contributed by atoms with Crippen molar-refractivity contribution in [1.29, 1.82) is 0 Å². The number of amides is 2. The molecular formula is C27H25FN4O6S. The first-order valence-corrected chi connectivity index (χ1v) is 13.0. The van der Waals surface area contributed by atoms with Gasteiger partial charge in [-0.05, 0) is 48.6 Å². The predicted octanol–water partition coefficient (Wildman–Crippen LogP) is 3.48. The molecule has 4 N–H and O–H groups in total. The summed E-state index contributed by atoms with van der Waals surface area (Å²) in [6, 6.07) is 15.1. The number of fused-ring (bicyclic) bond motifs is 1. The highest BCUT2D eigenvalue weighted by Crippen LogP contribution is 2.49. The van der Waals surface area contributed by atoms with Crippen molar-refractivity contribution in [1.82, 2.24) is 15.2 Å². The van der Waals surface area contributed by atoms with E-state index in [2.05, 4.69) is 19.8 Å². The lowest BCUT2D eigenvalue weighted by molar-refractivity contribution is -0.136. The van der Waals surface area contributed by atoms with Crippen molar-refractivity contribution in [3.05, 3.63) is 83.7 Å². The minimum atomic E-state index is -1.09. The molecule has 2 fully saturated rings. The summed E-state index contributed by atoms with van der Waals surface area (Å²) in [5.74, 6) is -1.53. The molecule has 0 unspecified atom stereocenters. The van der Waals surface area contributed by atoms with Crippen molar-refractivity contribution in [2.24, 2.45) is 5.92 Å². The van der Waals surface area contributed by atoms with Crippen LogP contribution in [0.3, 0.4) is 0 Å². The van der Waals surface area contributed by atoms with Crippen LogP contribution in [0.1, 0.15) is 33.7 Å². The van der Waals surface area contributed by atoms with E-state index in [1.165, 1.54) is 23.5 Å². The molecule has 2 amide bonds. The number of nitrogen functional groups attached to an aromatic ring is 1. The number of aliphatic carboxylic acids is 1. The number of likely N-dealkylation sites (tertiary alicyclic amines) is 1. The molecule has 2 aliphatic heterocycles. The topological polar surface area (TPSA) is 144 Å². The summed E-state index contributed by atoms with van der Waals surface area (Å²) in [4.78, 5) is 42.6. The zero-order valence-electron chi connectivity index (χ0n) is 20.6. The van der Waals surface area contributed by atoms with Gasteiger partial charge in [0, 0.05) is 18.2 Å². The molecule has 3 atom stereocenters. The summed E-state index contributed by atoms with van der Waals surface area (Å²) in [7, 11) is 0. The molecule has 1 aromatic heterocycles. The number of halogens is 1. The highest BCUT2D eigenvalue weighted by Gasteiger charge is 2.54. The molecule has 6 rings (SSSR count). The number of aromatic nitrogens is 1. The molecule has 3 aliphatic rings. The first kappa shape index (κ1) is 26.2. The number of carbonyl (C=O) groups is 3. The fourth-order valence-corrected chi connectivity index (χ4v) is 5.56. The molecular weight excluding hydrogens is 527 g/mol. The van der Waals surface area contributed by atoms with E-state index < -0.39 is 5.97 Å². The van der Waals surface area contributed by atoms with Crippen LogP contribution < -0.4 is 11.1 Å². The van der Waals surface area contributed by atoms with Gasteiger partial charge in [-0.15, -0.1) is 0 Å². The molecule has 1 saturated carbocycles. The number of nitrogens with one attached hydrogen (secondary N) is 1. The number of hydrogen-bond acceptors (Lipinski definition) is 8. The van der Waals surface area contributed by atoms with Gasteiger partial charge in [0.2, 0.25) is 12.6 Å². The minimum absolute atomic E-state index is 0.0155. The van der Waals surface area contributed by atoms with Crippen LogP contribution in [0.15, 0.2) is 66.6 Å². The molecule has 39 heavy (non-hydrogen) atoms. The molecule has 202 valence electrons. The Bertz CT molecular complexity index is 1430. The highest BCUT2D eigenvalue weighted by molar-refractivity contribution is 7.19. The van der Waals surface area contributed by atoms with E-state index in [1.54, 1.807) is 24.3 Å². The quantitative estimate of drug-likeness (QED) is 0.422. The SMILES string of the molecule is Nc1nc(C(=O)N2[C@H](CNC(=O)c3ccccc3)C[C@@H]3C[C@@H]32)c(-c2cccc(F)c2)s1.O=C(O)C1=COCO1. The van der Waals surface area contributed by atoms with Crippen molar-refractivity contribution in [2.45, 2.75) is 24.9 Å². The largest absolute Gasteiger partial charge is 0.475 e. The number of hydrogen-bond donors (Lipinski definition) is 3. The molecule has 2 aromatic carbocycles. The number of benzene rings is 2. The van der Waals surface area contributed by atoms with Crippen LogP contribution in [-0.4, -0.2) is 58.2 Å². The Hall–Kier alpha value is -4.45. The summed E-state index contributed by atoms with van der Waals surface area (Å²) in [5, 5.41) is 11.4. The van der Waals surface area contributed by atoms with Crippen LogP contribution in [0.25, 0.3) is 10.4 Å². The lowest BCUT2D eigenvalue weighted by Crippen LogP contribution is -2.45. The Balaban J connectivity index is 0.000000332. The maximum Gasteiger partial charge on any atom is 0.374 e. The van der Waals surface area contributed by atoms with Gasteiger partial charge >= 0.3 is 5.97 Å². The molecule has 0 spiro atoms. The van der Waals surface area contributed by atoms with Crippen molar-refractivity contribution >= 4 is 34.3 Å². The second-order valence-electron chi connectivity index (χ2n) is 9.20. The number of thiazole rings is 1. The molecule has 0 bridgehead atoms. The monoisotopic (exact) mass is 552 g/mol. The smallest absolute Gasteiger partial charge is 0.374 e. The number of carbonyl (C=O) groups excluding carboxylic acids is 2. The van der Waals surface area contributed by atoms with Gasteiger partial charge in [-0.25, -0.2) is 14.2 Å². The Morgan fingerprint density at radius 1 is 1.15 bits per heavy atom. The Labute approximate surface area is 226 Å². The van der Waals surface area contributed by atoms with E-state index in [0.717, 1.165) is 19.1 Å². The van der Waals surface area contributed by atoms with Gasteiger partial charge in [0.15, 0.2) is 5.13 Å². The summed E-state index contributed by atoms with van der Waals surface area (Å²) in [6.07, 6.45) is 2.88. The van der Waals surface area contributed by atoms with Crippen LogP contribution in [-0.2, 0) is 14.3 Å². The maximum atomic E-state index is 13.8.